The van der Waals surface area contributed by atoms with E-state index in [1.54, 1.807) is 45.6 Å². The molecule has 0 fully saturated rings. The lowest BCUT2D eigenvalue weighted by Gasteiger charge is -2.12. The van der Waals surface area contributed by atoms with E-state index in [1.165, 1.54) is 6.08 Å². The Morgan fingerprint density at radius 3 is 2.13 bits per heavy atom. The minimum Gasteiger partial charge on any atom is -0.493 e. The molecule has 0 saturated heterocycles. The first kappa shape index (κ1) is 17.1. The largest absolute Gasteiger partial charge is 0.493 e. The molecule has 0 radical (unpaired) electrons. The SMILES string of the molecule is COc1cc(/C=C/C(=O)c2ccccc2Br)cc(OC)c1OC. The summed E-state index contributed by atoms with van der Waals surface area (Å²) in [7, 11) is 4.65. The summed E-state index contributed by atoms with van der Waals surface area (Å²) in [6, 6.07) is 10.9. The van der Waals surface area contributed by atoms with Crippen molar-refractivity contribution in [1.82, 2.24) is 0 Å². The zero-order valence-electron chi connectivity index (χ0n) is 13.1. The van der Waals surface area contributed by atoms with Gasteiger partial charge in [-0.1, -0.05) is 34.1 Å². The van der Waals surface area contributed by atoms with Gasteiger partial charge in [-0.25, -0.2) is 0 Å². The van der Waals surface area contributed by atoms with Crippen molar-refractivity contribution in [2.24, 2.45) is 0 Å². The number of carbonyl (C=O) groups excluding carboxylic acids is 1. The first-order valence-electron chi connectivity index (χ1n) is 6.87. The fraction of sp³-hybridized carbons (Fsp3) is 0.167. The summed E-state index contributed by atoms with van der Waals surface area (Å²) in [4.78, 5) is 12.3. The number of methoxy groups -OCH3 is 3. The molecule has 0 spiro atoms. The van der Waals surface area contributed by atoms with Crippen LogP contribution in [0.3, 0.4) is 0 Å². The summed E-state index contributed by atoms with van der Waals surface area (Å²) in [6.45, 7) is 0. The Hall–Kier alpha value is -2.27. The number of hydrogen-bond donors (Lipinski definition) is 0. The number of carbonyl (C=O) groups is 1. The van der Waals surface area contributed by atoms with E-state index in [1.807, 2.05) is 18.2 Å². The maximum absolute atomic E-state index is 12.3. The van der Waals surface area contributed by atoms with Crippen LogP contribution in [0.15, 0.2) is 46.9 Å². The number of benzene rings is 2. The normalized spacial score (nSPS) is 10.6. The van der Waals surface area contributed by atoms with Gasteiger partial charge in [-0.05, 0) is 35.9 Å². The highest BCUT2D eigenvalue weighted by atomic mass is 79.9. The molecule has 0 saturated carbocycles. The van der Waals surface area contributed by atoms with Crippen LogP contribution >= 0.6 is 15.9 Å². The minimum atomic E-state index is -0.0915. The highest BCUT2D eigenvalue weighted by Gasteiger charge is 2.12. The van der Waals surface area contributed by atoms with Gasteiger partial charge in [0.2, 0.25) is 5.75 Å². The summed E-state index contributed by atoms with van der Waals surface area (Å²) in [6.07, 6.45) is 3.23. The van der Waals surface area contributed by atoms with Crippen LogP contribution in [0.4, 0.5) is 0 Å². The van der Waals surface area contributed by atoms with Crippen LogP contribution in [0.5, 0.6) is 17.2 Å². The molecular weight excluding hydrogens is 360 g/mol. The predicted octanol–water partition coefficient (Wildman–Crippen LogP) is 4.37. The van der Waals surface area contributed by atoms with E-state index in [0.29, 0.717) is 22.8 Å². The third-order valence-electron chi connectivity index (χ3n) is 3.25. The lowest BCUT2D eigenvalue weighted by Crippen LogP contribution is -1.97. The third kappa shape index (κ3) is 3.93. The molecule has 2 aromatic rings. The van der Waals surface area contributed by atoms with Crippen LogP contribution in [0.1, 0.15) is 15.9 Å². The highest BCUT2D eigenvalue weighted by Crippen LogP contribution is 2.38. The molecule has 0 aliphatic heterocycles. The maximum Gasteiger partial charge on any atom is 0.203 e. The van der Waals surface area contributed by atoms with Crippen molar-refractivity contribution in [3.05, 3.63) is 58.1 Å². The molecule has 2 rings (SSSR count). The van der Waals surface area contributed by atoms with Gasteiger partial charge in [0.1, 0.15) is 0 Å². The first-order valence-corrected chi connectivity index (χ1v) is 7.67. The molecule has 0 aliphatic carbocycles. The summed E-state index contributed by atoms with van der Waals surface area (Å²) in [5.74, 6) is 1.51. The molecule has 0 unspecified atom stereocenters. The molecule has 0 heterocycles. The van der Waals surface area contributed by atoms with Crippen molar-refractivity contribution < 1.29 is 19.0 Å². The Bertz CT molecular complexity index is 713. The maximum atomic E-state index is 12.3. The average molecular weight is 377 g/mol. The molecule has 23 heavy (non-hydrogen) atoms. The van der Waals surface area contributed by atoms with Gasteiger partial charge in [-0.3, -0.25) is 4.79 Å². The van der Waals surface area contributed by atoms with Crippen LogP contribution in [0, 0.1) is 0 Å². The second kappa shape index (κ2) is 7.83. The summed E-state index contributed by atoms with van der Waals surface area (Å²) < 4.78 is 16.6. The van der Waals surface area contributed by atoms with Crippen molar-refractivity contribution in [3.63, 3.8) is 0 Å². The lowest BCUT2D eigenvalue weighted by molar-refractivity contribution is 0.104. The monoisotopic (exact) mass is 376 g/mol. The van der Waals surface area contributed by atoms with E-state index in [9.17, 15) is 4.79 Å². The number of ether oxygens (including phenoxy) is 3. The van der Waals surface area contributed by atoms with E-state index < -0.39 is 0 Å². The van der Waals surface area contributed by atoms with Crippen molar-refractivity contribution in [3.8, 4) is 17.2 Å². The van der Waals surface area contributed by atoms with E-state index in [2.05, 4.69) is 15.9 Å². The van der Waals surface area contributed by atoms with Gasteiger partial charge < -0.3 is 14.2 Å². The van der Waals surface area contributed by atoms with Crippen molar-refractivity contribution >= 4 is 27.8 Å². The van der Waals surface area contributed by atoms with Gasteiger partial charge in [0.05, 0.1) is 21.3 Å². The third-order valence-corrected chi connectivity index (χ3v) is 3.95. The van der Waals surface area contributed by atoms with E-state index >= 15 is 0 Å². The predicted molar refractivity (Wildman–Crippen MR) is 93.6 cm³/mol. The summed E-state index contributed by atoms with van der Waals surface area (Å²) >= 11 is 3.38. The Kier molecular flexibility index (Phi) is 5.82. The molecule has 0 bridgehead atoms. The molecule has 0 aliphatic rings. The molecular formula is C18H17BrO4. The molecule has 0 atom stereocenters. The number of ketones is 1. The molecule has 0 N–H and O–H groups in total. The Morgan fingerprint density at radius 2 is 1.61 bits per heavy atom. The zero-order valence-corrected chi connectivity index (χ0v) is 14.7. The van der Waals surface area contributed by atoms with E-state index in [-0.39, 0.29) is 5.78 Å². The Balaban J connectivity index is 2.32. The average Bonchev–Trinajstić information content (AvgIpc) is 2.58. The van der Waals surface area contributed by atoms with Gasteiger partial charge in [0.15, 0.2) is 17.3 Å². The molecule has 2 aromatic carbocycles. The zero-order chi connectivity index (χ0) is 16.8. The lowest BCUT2D eigenvalue weighted by atomic mass is 10.1. The standard InChI is InChI=1S/C18H17BrO4/c1-21-16-10-12(11-17(22-2)18(16)23-3)8-9-15(20)13-6-4-5-7-14(13)19/h4-11H,1-3H3/b9-8+. The van der Waals surface area contributed by atoms with Crippen LogP contribution in [-0.2, 0) is 0 Å². The number of hydrogen-bond acceptors (Lipinski definition) is 4. The van der Waals surface area contributed by atoms with Gasteiger partial charge >= 0.3 is 0 Å². The Labute approximate surface area is 143 Å². The fourth-order valence-corrected chi connectivity index (χ4v) is 2.60. The first-order chi connectivity index (χ1) is 11.1. The van der Waals surface area contributed by atoms with E-state index in [4.69, 9.17) is 14.2 Å². The van der Waals surface area contributed by atoms with Gasteiger partial charge in [0, 0.05) is 10.0 Å². The van der Waals surface area contributed by atoms with Crippen LogP contribution < -0.4 is 14.2 Å². The quantitative estimate of drug-likeness (QED) is 0.554. The van der Waals surface area contributed by atoms with Crippen molar-refractivity contribution in [2.45, 2.75) is 0 Å². The van der Waals surface area contributed by atoms with Gasteiger partial charge in [-0.15, -0.1) is 0 Å². The number of rotatable bonds is 6. The van der Waals surface area contributed by atoms with Crippen molar-refractivity contribution in [2.75, 3.05) is 21.3 Å². The van der Waals surface area contributed by atoms with Crippen LogP contribution in [-0.4, -0.2) is 27.1 Å². The van der Waals surface area contributed by atoms with Crippen molar-refractivity contribution in [1.29, 1.82) is 0 Å². The molecule has 120 valence electrons. The second-order valence-corrected chi connectivity index (χ2v) is 5.49. The second-order valence-electron chi connectivity index (χ2n) is 4.64. The highest BCUT2D eigenvalue weighted by molar-refractivity contribution is 9.10. The number of allylic oxidation sites excluding steroid dienone is 1. The minimum absolute atomic E-state index is 0.0915. The van der Waals surface area contributed by atoms with Crippen LogP contribution in [0.2, 0.25) is 0 Å². The Morgan fingerprint density at radius 1 is 1.00 bits per heavy atom. The molecule has 4 nitrogen and oxygen atoms in total. The van der Waals surface area contributed by atoms with Crippen LogP contribution in [0.25, 0.3) is 6.08 Å². The topological polar surface area (TPSA) is 44.8 Å². The van der Waals surface area contributed by atoms with Gasteiger partial charge in [0.25, 0.3) is 0 Å². The molecule has 0 amide bonds. The number of halogens is 1. The molecule has 0 aromatic heterocycles. The van der Waals surface area contributed by atoms with Gasteiger partial charge in [-0.2, -0.15) is 0 Å². The summed E-state index contributed by atoms with van der Waals surface area (Å²) in [5, 5.41) is 0. The fourth-order valence-electron chi connectivity index (χ4n) is 2.12. The summed E-state index contributed by atoms with van der Waals surface area (Å²) in [5.41, 5.74) is 1.39. The smallest absolute Gasteiger partial charge is 0.203 e. The van der Waals surface area contributed by atoms with E-state index in [0.717, 1.165) is 10.0 Å². The molecule has 5 heteroatoms.